The molecule has 0 aromatic heterocycles. The first-order chi connectivity index (χ1) is 12.7. The van der Waals surface area contributed by atoms with Gasteiger partial charge in [0.05, 0.1) is 0 Å². The summed E-state index contributed by atoms with van der Waals surface area (Å²) in [5, 5.41) is 0. The molecule has 3 aromatic rings. The van der Waals surface area contributed by atoms with Crippen molar-refractivity contribution in [2.45, 2.75) is 45.4 Å². The van der Waals surface area contributed by atoms with Crippen LogP contribution < -0.4 is 0 Å². The SMILES string of the molecule is CCCCCc1ccc(-c2ccc(CCc3ccc(F)cc3)cc2)cc1. The number of benzene rings is 3. The Morgan fingerprint density at radius 1 is 0.538 bits per heavy atom. The molecule has 3 rings (SSSR count). The van der Waals surface area contributed by atoms with Crippen molar-refractivity contribution in [1.29, 1.82) is 0 Å². The van der Waals surface area contributed by atoms with Gasteiger partial charge in [-0.05, 0) is 65.6 Å². The van der Waals surface area contributed by atoms with E-state index in [2.05, 4.69) is 55.5 Å². The van der Waals surface area contributed by atoms with Crippen LogP contribution in [-0.4, -0.2) is 0 Å². The number of hydrogen-bond donors (Lipinski definition) is 0. The first kappa shape index (κ1) is 18.4. The van der Waals surface area contributed by atoms with Crippen LogP contribution >= 0.6 is 0 Å². The van der Waals surface area contributed by atoms with Crippen LogP contribution in [0.3, 0.4) is 0 Å². The maximum atomic E-state index is 13.0. The quantitative estimate of drug-likeness (QED) is 0.385. The minimum atomic E-state index is -0.172. The van der Waals surface area contributed by atoms with Crippen LogP contribution in [0.5, 0.6) is 0 Å². The third-order valence-corrected chi connectivity index (χ3v) is 4.93. The maximum Gasteiger partial charge on any atom is 0.123 e. The predicted molar refractivity (Wildman–Crippen MR) is 109 cm³/mol. The lowest BCUT2D eigenvalue weighted by molar-refractivity contribution is 0.627. The fraction of sp³-hybridized carbons (Fsp3) is 0.280. The summed E-state index contributed by atoms with van der Waals surface area (Å²) in [4.78, 5) is 0. The molecule has 0 atom stereocenters. The summed E-state index contributed by atoms with van der Waals surface area (Å²) < 4.78 is 13.0. The first-order valence-corrected chi connectivity index (χ1v) is 9.67. The molecule has 0 spiro atoms. The van der Waals surface area contributed by atoms with Crippen molar-refractivity contribution < 1.29 is 4.39 Å². The van der Waals surface area contributed by atoms with E-state index >= 15 is 0 Å². The first-order valence-electron chi connectivity index (χ1n) is 9.67. The van der Waals surface area contributed by atoms with Gasteiger partial charge in [0.15, 0.2) is 0 Å². The van der Waals surface area contributed by atoms with Gasteiger partial charge in [-0.1, -0.05) is 80.4 Å². The summed E-state index contributed by atoms with van der Waals surface area (Å²) in [5.74, 6) is -0.172. The Bertz CT molecular complexity index is 783. The molecule has 3 aromatic carbocycles. The van der Waals surface area contributed by atoms with Gasteiger partial charge < -0.3 is 0 Å². The third kappa shape index (κ3) is 5.29. The maximum absolute atomic E-state index is 13.0. The van der Waals surface area contributed by atoms with E-state index < -0.39 is 0 Å². The van der Waals surface area contributed by atoms with Gasteiger partial charge in [-0.25, -0.2) is 4.39 Å². The van der Waals surface area contributed by atoms with E-state index in [0.717, 1.165) is 12.8 Å². The molecule has 0 aliphatic rings. The molecule has 0 saturated carbocycles. The Morgan fingerprint density at radius 2 is 0.962 bits per heavy atom. The van der Waals surface area contributed by atoms with Crippen LogP contribution in [0.15, 0.2) is 72.8 Å². The van der Waals surface area contributed by atoms with Crippen molar-refractivity contribution in [3.8, 4) is 11.1 Å². The highest BCUT2D eigenvalue weighted by Crippen LogP contribution is 2.21. The summed E-state index contributed by atoms with van der Waals surface area (Å²) >= 11 is 0. The van der Waals surface area contributed by atoms with Crippen molar-refractivity contribution in [2.75, 3.05) is 0 Å². The molecule has 0 bridgehead atoms. The molecule has 0 saturated heterocycles. The lowest BCUT2D eigenvalue weighted by atomic mass is 9.99. The molecular formula is C25H27F. The number of unbranched alkanes of at least 4 members (excludes halogenated alkanes) is 2. The highest BCUT2D eigenvalue weighted by atomic mass is 19.1. The van der Waals surface area contributed by atoms with Gasteiger partial charge in [-0.2, -0.15) is 0 Å². The Hall–Kier alpha value is -2.41. The van der Waals surface area contributed by atoms with E-state index in [4.69, 9.17) is 0 Å². The summed E-state index contributed by atoms with van der Waals surface area (Å²) in [6.45, 7) is 2.24. The molecule has 0 nitrogen and oxygen atoms in total. The highest BCUT2D eigenvalue weighted by Gasteiger charge is 2.01. The van der Waals surface area contributed by atoms with Gasteiger partial charge in [0, 0.05) is 0 Å². The monoisotopic (exact) mass is 346 g/mol. The van der Waals surface area contributed by atoms with Crippen molar-refractivity contribution >= 4 is 0 Å². The smallest absolute Gasteiger partial charge is 0.123 e. The zero-order valence-corrected chi connectivity index (χ0v) is 15.5. The van der Waals surface area contributed by atoms with E-state index in [1.165, 1.54) is 65.6 Å². The molecule has 26 heavy (non-hydrogen) atoms. The second-order valence-corrected chi connectivity index (χ2v) is 6.98. The molecule has 0 unspecified atom stereocenters. The lowest BCUT2D eigenvalue weighted by Gasteiger charge is -2.07. The van der Waals surface area contributed by atoms with Crippen molar-refractivity contribution in [3.63, 3.8) is 0 Å². The van der Waals surface area contributed by atoms with E-state index in [-0.39, 0.29) is 5.82 Å². The minimum absolute atomic E-state index is 0.172. The molecule has 0 aliphatic carbocycles. The minimum Gasteiger partial charge on any atom is -0.207 e. The van der Waals surface area contributed by atoms with E-state index in [9.17, 15) is 4.39 Å². The summed E-state index contributed by atoms with van der Waals surface area (Å²) in [6.07, 6.45) is 6.94. The molecule has 134 valence electrons. The van der Waals surface area contributed by atoms with Gasteiger partial charge in [-0.15, -0.1) is 0 Å². The van der Waals surface area contributed by atoms with Crippen LogP contribution in [0.25, 0.3) is 11.1 Å². The predicted octanol–water partition coefficient (Wildman–Crippen LogP) is 7.01. The summed E-state index contributed by atoms with van der Waals surface area (Å²) in [7, 11) is 0. The number of rotatable bonds is 8. The summed E-state index contributed by atoms with van der Waals surface area (Å²) in [5.41, 5.74) is 6.45. The number of aryl methyl sites for hydroxylation is 3. The lowest BCUT2D eigenvalue weighted by Crippen LogP contribution is -1.92. The van der Waals surface area contributed by atoms with Gasteiger partial charge in [0.1, 0.15) is 5.82 Å². The average molecular weight is 346 g/mol. The zero-order valence-electron chi connectivity index (χ0n) is 15.5. The highest BCUT2D eigenvalue weighted by molar-refractivity contribution is 5.64. The molecule has 0 amide bonds. The summed E-state index contributed by atoms with van der Waals surface area (Å²) in [6, 6.07) is 24.6. The van der Waals surface area contributed by atoms with Gasteiger partial charge >= 0.3 is 0 Å². The van der Waals surface area contributed by atoms with Crippen LogP contribution in [0, 0.1) is 5.82 Å². The average Bonchev–Trinajstić information content (AvgIpc) is 2.69. The van der Waals surface area contributed by atoms with Crippen molar-refractivity contribution in [2.24, 2.45) is 0 Å². The Labute approximate surface area is 156 Å². The molecule has 0 N–H and O–H groups in total. The molecule has 0 heterocycles. The van der Waals surface area contributed by atoms with E-state index in [0.29, 0.717) is 0 Å². The Balaban J connectivity index is 1.57. The largest absolute Gasteiger partial charge is 0.207 e. The van der Waals surface area contributed by atoms with E-state index in [1.807, 2.05) is 12.1 Å². The molecular weight excluding hydrogens is 319 g/mol. The van der Waals surface area contributed by atoms with Crippen LogP contribution in [-0.2, 0) is 19.3 Å². The Kier molecular flexibility index (Phi) is 6.60. The molecule has 0 aliphatic heterocycles. The van der Waals surface area contributed by atoms with Crippen LogP contribution in [0.2, 0.25) is 0 Å². The van der Waals surface area contributed by atoms with E-state index in [1.54, 1.807) is 0 Å². The standard InChI is InChI=1S/C25H27F/c1-2-3-4-5-20-8-14-23(15-9-20)24-16-10-21(11-17-24)6-7-22-12-18-25(26)19-13-22/h8-19H,2-7H2,1H3. The molecule has 0 fully saturated rings. The topological polar surface area (TPSA) is 0 Å². The third-order valence-electron chi connectivity index (χ3n) is 4.93. The normalized spacial score (nSPS) is 10.8. The fourth-order valence-corrected chi connectivity index (χ4v) is 3.25. The van der Waals surface area contributed by atoms with Crippen molar-refractivity contribution in [3.05, 3.63) is 95.3 Å². The number of halogens is 1. The second kappa shape index (κ2) is 9.33. The van der Waals surface area contributed by atoms with Crippen molar-refractivity contribution in [1.82, 2.24) is 0 Å². The van der Waals surface area contributed by atoms with Gasteiger partial charge in [-0.3, -0.25) is 0 Å². The van der Waals surface area contributed by atoms with Gasteiger partial charge in [0.25, 0.3) is 0 Å². The zero-order chi connectivity index (χ0) is 18.2. The van der Waals surface area contributed by atoms with Crippen LogP contribution in [0.4, 0.5) is 4.39 Å². The fourth-order valence-electron chi connectivity index (χ4n) is 3.25. The van der Waals surface area contributed by atoms with Gasteiger partial charge in [0.2, 0.25) is 0 Å². The molecule has 1 heteroatoms. The second-order valence-electron chi connectivity index (χ2n) is 6.98. The molecule has 0 radical (unpaired) electrons. The number of hydrogen-bond acceptors (Lipinski definition) is 0. The van der Waals surface area contributed by atoms with Crippen LogP contribution in [0.1, 0.15) is 42.9 Å². The Morgan fingerprint density at radius 3 is 1.42 bits per heavy atom.